The van der Waals surface area contributed by atoms with Crippen LogP contribution in [0.25, 0.3) is 6.08 Å². The zero-order valence-corrected chi connectivity index (χ0v) is 17.1. The molecular formula is C24H16ClFO5. The number of esters is 2. The number of allylic oxidation sites excluding steroid dienone is 1. The molecule has 3 aromatic carbocycles. The predicted molar refractivity (Wildman–Crippen MR) is 114 cm³/mol. The normalized spacial score (nSPS) is 10.7. The summed E-state index contributed by atoms with van der Waals surface area (Å²) in [5.74, 6) is -2.23. The van der Waals surface area contributed by atoms with Crippen molar-refractivity contribution in [3.05, 3.63) is 100 Å². The van der Waals surface area contributed by atoms with Crippen LogP contribution in [-0.2, 0) is 4.79 Å². The summed E-state index contributed by atoms with van der Waals surface area (Å²) in [5.41, 5.74) is 0.598. The van der Waals surface area contributed by atoms with E-state index in [1.165, 1.54) is 37.3 Å². The molecule has 3 aromatic rings. The van der Waals surface area contributed by atoms with Crippen LogP contribution in [0.2, 0.25) is 5.02 Å². The smallest absolute Gasteiger partial charge is 0.347 e. The third-order valence-electron chi connectivity index (χ3n) is 4.08. The number of halogens is 2. The van der Waals surface area contributed by atoms with Gasteiger partial charge in [-0.3, -0.25) is 9.59 Å². The van der Waals surface area contributed by atoms with Crippen LogP contribution < -0.4 is 9.47 Å². The lowest BCUT2D eigenvalue weighted by Crippen LogP contribution is -2.13. The Labute approximate surface area is 182 Å². The molecule has 0 aliphatic rings. The largest absolute Gasteiger partial charge is 0.426 e. The number of para-hydroxylation sites is 1. The summed E-state index contributed by atoms with van der Waals surface area (Å²) in [6.45, 7) is 1.21. The van der Waals surface area contributed by atoms with Crippen LogP contribution in [0.15, 0.2) is 72.8 Å². The molecule has 7 heteroatoms. The molecule has 0 saturated heterocycles. The van der Waals surface area contributed by atoms with Gasteiger partial charge in [-0.15, -0.1) is 0 Å². The molecule has 0 unspecified atom stereocenters. The Balaban J connectivity index is 1.85. The highest BCUT2D eigenvalue weighted by Gasteiger charge is 2.17. The molecule has 0 heterocycles. The Kier molecular flexibility index (Phi) is 6.95. The van der Waals surface area contributed by atoms with Gasteiger partial charge >= 0.3 is 11.9 Å². The summed E-state index contributed by atoms with van der Waals surface area (Å²) in [6, 6.07) is 15.9. The van der Waals surface area contributed by atoms with Crippen LogP contribution >= 0.6 is 11.6 Å². The van der Waals surface area contributed by atoms with E-state index in [2.05, 4.69) is 0 Å². The summed E-state index contributed by atoms with van der Waals surface area (Å²) in [7, 11) is 0. The van der Waals surface area contributed by atoms with Gasteiger partial charge < -0.3 is 9.47 Å². The second-order valence-electron chi connectivity index (χ2n) is 6.37. The molecule has 0 N–H and O–H groups in total. The quantitative estimate of drug-likeness (QED) is 0.219. The van der Waals surface area contributed by atoms with Crippen LogP contribution in [0.4, 0.5) is 4.39 Å². The molecule has 0 aromatic heterocycles. The molecule has 5 nitrogen and oxygen atoms in total. The van der Waals surface area contributed by atoms with Crippen molar-refractivity contribution in [2.24, 2.45) is 0 Å². The minimum Gasteiger partial charge on any atom is -0.426 e. The zero-order valence-electron chi connectivity index (χ0n) is 16.3. The topological polar surface area (TPSA) is 69.7 Å². The average Bonchev–Trinajstić information content (AvgIpc) is 2.74. The Morgan fingerprint density at radius 2 is 1.61 bits per heavy atom. The number of benzene rings is 3. The van der Waals surface area contributed by atoms with Gasteiger partial charge in [-0.25, -0.2) is 9.18 Å². The first-order chi connectivity index (χ1) is 14.8. The maximum atomic E-state index is 13.8. The van der Waals surface area contributed by atoms with E-state index in [0.29, 0.717) is 10.6 Å². The van der Waals surface area contributed by atoms with Crippen LogP contribution in [0, 0.1) is 5.82 Å². The molecule has 31 heavy (non-hydrogen) atoms. The fourth-order valence-electron chi connectivity index (χ4n) is 2.65. The maximum absolute atomic E-state index is 13.8. The Hall–Kier alpha value is -3.77. The fraction of sp³-hybridized carbons (Fsp3) is 0.0417. The van der Waals surface area contributed by atoms with E-state index in [9.17, 15) is 18.8 Å². The molecule has 0 spiro atoms. The fourth-order valence-corrected chi connectivity index (χ4v) is 2.78. The summed E-state index contributed by atoms with van der Waals surface area (Å²) in [4.78, 5) is 36.2. The third-order valence-corrected chi connectivity index (χ3v) is 4.33. The molecule has 3 rings (SSSR count). The zero-order chi connectivity index (χ0) is 22.4. The number of ketones is 1. The first-order valence-corrected chi connectivity index (χ1v) is 9.48. The molecule has 156 valence electrons. The van der Waals surface area contributed by atoms with E-state index in [-0.39, 0.29) is 28.4 Å². The molecule has 0 radical (unpaired) electrons. The summed E-state index contributed by atoms with van der Waals surface area (Å²) >= 11 is 5.82. The molecule has 0 atom stereocenters. The lowest BCUT2D eigenvalue weighted by molar-refractivity contribution is -0.131. The van der Waals surface area contributed by atoms with E-state index in [1.807, 2.05) is 0 Å². The van der Waals surface area contributed by atoms with Crippen molar-refractivity contribution < 1.29 is 28.2 Å². The number of ether oxygens (including phenoxy) is 2. The van der Waals surface area contributed by atoms with Gasteiger partial charge in [0.1, 0.15) is 22.9 Å². The SMILES string of the molecule is CC(=O)Oc1ccccc1C(=O)Oc1ccc(F)cc1/C=C/C(=O)c1ccc(Cl)cc1. The second-order valence-corrected chi connectivity index (χ2v) is 6.80. The van der Waals surface area contributed by atoms with Gasteiger partial charge in [0.15, 0.2) is 5.78 Å². The average molecular weight is 439 g/mol. The van der Waals surface area contributed by atoms with Gasteiger partial charge in [0.2, 0.25) is 0 Å². The van der Waals surface area contributed by atoms with Crippen LogP contribution in [0.1, 0.15) is 33.2 Å². The monoisotopic (exact) mass is 438 g/mol. The van der Waals surface area contributed by atoms with Crippen LogP contribution in [-0.4, -0.2) is 17.7 Å². The molecule has 0 amide bonds. The standard InChI is InChI=1S/C24H16ClFO5/c1-15(27)30-23-5-3-2-4-20(23)24(29)31-22-13-11-19(26)14-17(22)8-12-21(28)16-6-9-18(25)10-7-16/h2-14H,1H3/b12-8+. The van der Waals surface area contributed by atoms with Gasteiger partial charge in [-0.1, -0.05) is 23.7 Å². The molecule has 0 fully saturated rings. The predicted octanol–water partition coefficient (Wildman–Crippen LogP) is 5.52. The van der Waals surface area contributed by atoms with Crippen LogP contribution in [0.3, 0.4) is 0 Å². The number of carbonyl (C=O) groups excluding carboxylic acids is 3. The van der Waals surface area contributed by atoms with Gasteiger partial charge in [0.25, 0.3) is 0 Å². The number of hydrogen-bond donors (Lipinski definition) is 0. The van der Waals surface area contributed by atoms with E-state index in [4.69, 9.17) is 21.1 Å². The highest BCUT2D eigenvalue weighted by Crippen LogP contribution is 2.25. The van der Waals surface area contributed by atoms with Crippen molar-refractivity contribution in [3.8, 4) is 11.5 Å². The lowest BCUT2D eigenvalue weighted by Gasteiger charge is -2.10. The Morgan fingerprint density at radius 3 is 2.32 bits per heavy atom. The van der Waals surface area contributed by atoms with Gasteiger partial charge in [-0.05, 0) is 66.7 Å². The van der Waals surface area contributed by atoms with E-state index >= 15 is 0 Å². The van der Waals surface area contributed by atoms with Crippen molar-refractivity contribution >= 4 is 35.4 Å². The summed E-state index contributed by atoms with van der Waals surface area (Å²) in [5, 5.41) is 0.494. The van der Waals surface area contributed by atoms with Gasteiger partial charge in [0.05, 0.1) is 0 Å². The first-order valence-electron chi connectivity index (χ1n) is 9.10. The lowest BCUT2D eigenvalue weighted by atomic mass is 10.1. The summed E-state index contributed by atoms with van der Waals surface area (Å²) < 4.78 is 24.2. The summed E-state index contributed by atoms with van der Waals surface area (Å²) in [6.07, 6.45) is 2.59. The van der Waals surface area contributed by atoms with E-state index < -0.39 is 17.8 Å². The van der Waals surface area contributed by atoms with E-state index in [1.54, 1.807) is 36.4 Å². The van der Waals surface area contributed by atoms with Gasteiger partial charge in [-0.2, -0.15) is 0 Å². The van der Waals surface area contributed by atoms with Crippen molar-refractivity contribution in [2.75, 3.05) is 0 Å². The highest BCUT2D eigenvalue weighted by molar-refractivity contribution is 6.30. The highest BCUT2D eigenvalue weighted by atomic mass is 35.5. The number of rotatable bonds is 6. The van der Waals surface area contributed by atoms with Crippen LogP contribution in [0.5, 0.6) is 11.5 Å². The molecule has 0 saturated carbocycles. The number of carbonyl (C=O) groups is 3. The Morgan fingerprint density at radius 1 is 0.903 bits per heavy atom. The molecule has 0 bridgehead atoms. The van der Waals surface area contributed by atoms with Gasteiger partial charge in [0, 0.05) is 23.1 Å². The molecule has 0 aliphatic carbocycles. The molecular weight excluding hydrogens is 423 g/mol. The van der Waals surface area contributed by atoms with Crippen molar-refractivity contribution in [1.29, 1.82) is 0 Å². The maximum Gasteiger partial charge on any atom is 0.347 e. The number of hydrogen-bond acceptors (Lipinski definition) is 5. The Bertz CT molecular complexity index is 1170. The van der Waals surface area contributed by atoms with E-state index in [0.717, 1.165) is 12.1 Å². The van der Waals surface area contributed by atoms with Crippen molar-refractivity contribution in [2.45, 2.75) is 6.92 Å². The minimum atomic E-state index is -0.804. The second kappa shape index (κ2) is 9.82. The third kappa shape index (κ3) is 5.87. The first kappa shape index (κ1) is 21.9. The minimum absolute atomic E-state index is 0.0224. The van der Waals surface area contributed by atoms with Crippen molar-refractivity contribution in [3.63, 3.8) is 0 Å². The molecule has 0 aliphatic heterocycles. The van der Waals surface area contributed by atoms with Crippen molar-refractivity contribution in [1.82, 2.24) is 0 Å².